The van der Waals surface area contributed by atoms with Crippen LogP contribution in [0.5, 0.6) is 0 Å². The lowest BCUT2D eigenvalue weighted by atomic mass is 10.1. The van der Waals surface area contributed by atoms with Gasteiger partial charge in [0.25, 0.3) is 0 Å². The minimum Gasteiger partial charge on any atom is -0.338 e. The van der Waals surface area contributed by atoms with Crippen LogP contribution in [0.4, 0.5) is 4.79 Å². The monoisotopic (exact) mass is 302 g/mol. The van der Waals surface area contributed by atoms with Crippen molar-refractivity contribution in [1.29, 1.82) is 0 Å². The number of carbonyl (C=O) groups excluding carboxylic acids is 1. The summed E-state index contributed by atoms with van der Waals surface area (Å²) in [7, 11) is 0. The van der Waals surface area contributed by atoms with Crippen molar-refractivity contribution in [3.63, 3.8) is 0 Å². The van der Waals surface area contributed by atoms with Crippen molar-refractivity contribution in [3.05, 3.63) is 70.2 Å². The van der Waals surface area contributed by atoms with Gasteiger partial charge in [0, 0.05) is 18.1 Å². The second-order valence-electron chi connectivity index (χ2n) is 4.91. The van der Waals surface area contributed by atoms with Crippen LogP contribution in [-0.4, -0.2) is 12.6 Å². The number of carbonyl (C=O) groups is 1. The molecule has 21 heavy (non-hydrogen) atoms. The molecular weight excluding hydrogens is 284 g/mol. The van der Waals surface area contributed by atoms with Crippen molar-refractivity contribution < 1.29 is 4.79 Å². The lowest BCUT2D eigenvalue weighted by molar-refractivity contribution is 0.240. The maximum absolute atomic E-state index is 11.7. The molecule has 2 N–H and O–H groups in total. The molecule has 2 aromatic carbocycles. The average Bonchev–Trinajstić information content (AvgIpc) is 2.48. The third-order valence-electron chi connectivity index (χ3n) is 3.31. The third-order valence-corrected chi connectivity index (χ3v) is 3.57. The fourth-order valence-electron chi connectivity index (χ4n) is 2.02. The number of hydrogen-bond donors (Lipinski definition) is 2. The maximum Gasteiger partial charge on any atom is 0.315 e. The highest BCUT2D eigenvalue weighted by Gasteiger charge is 2.02. The molecule has 0 saturated carbocycles. The average molecular weight is 303 g/mol. The van der Waals surface area contributed by atoms with Gasteiger partial charge in [-0.3, -0.25) is 0 Å². The van der Waals surface area contributed by atoms with Gasteiger partial charge in [0.2, 0.25) is 0 Å². The zero-order chi connectivity index (χ0) is 15.1. The van der Waals surface area contributed by atoms with E-state index in [4.69, 9.17) is 11.6 Å². The second-order valence-corrected chi connectivity index (χ2v) is 5.35. The van der Waals surface area contributed by atoms with Gasteiger partial charge in [0.1, 0.15) is 0 Å². The molecule has 4 heteroatoms. The molecule has 0 bridgehead atoms. The van der Waals surface area contributed by atoms with E-state index in [1.54, 1.807) is 0 Å². The Morgan fingerprint density at radius 1 is 1.05 bits per heavy atom. The molecule has 0 unspecified atom stereocenters. The molecule has 2 aromatic rings. The van der Waals surface area contributed by atoms with E-state index in [0.29, 0.717) is 13.1 Å². The number of amides is 2. The number of nitrogens with one attached hydrogen (secondary N) is 2. The van der Waals surface area contributed by atoms with E-state index >= 15 is 0 Å². The smallest absolute Gasteiger partial charge is 0.315 e. The Kier molecular flexibility index (Phi) is 5.64. The van der Waals surface area contributed by atoms with Crippen LogP contribution >= 0.6 is 11.6 Å². The summed E-state index contributed by atoms with van der Waals surface area (Å²) < 4.78 is 0. The third kappa shape index (κ3) is 5.12. The quantitative estimate of drug-likeness (QED) is 0.869. The van der Waals surface area contributed by atoms with Crippen molar-refractivity contribution >= 4 is 17.6 Å². The zero-order valence-corrected chi connectivity index (χ0v) is 12.8. The molecule has 2 rings (SSSR count). The van der Waals surface area contributed by atoms with Crippen LogP contribution in [0.2, 0.25) is 5.02 Å². The summed E-state index contributed by atoms with van der Waals surface area (Å²) in [5, 5.41) is 6.44. The van der Waals surface area contributed by atoms with E-state index < -0.39 is 0 Å². The topological polar surface area (TPSA) is 41.1 Å². The molecule has 0 aliphatic heterocycles. The first-order chi connectivity index (χ1) is 10.1. The van der Waals surface area contributed by atoms with Gasteiger partial charge < -0.3 is 10.6 Å². The Labute approximate surface area is 130 Å². The van der Waals surface area contributed by atoms with Crippen LogP contribution in [-0.2, 0) is 13.0 Å². The van der Waals surface area contributed by atoms with Crippen LogP contribution in [0.1, 0.15) is 16.7 Å². The highest BCUT2D eigenvalue weighted by Crippen LogP contribution is 2.09. The minimum absolute atomic E-state index is 0.146. The molecule has 0 aliphatic carbocycles. The lowest BCUT2D eigenvalue weighted by Crippen LogP contribution is -2.36. The van der Waals surface area contributed by atoms with Gasteiger partial charge >= 0.3 is 6.03 Å². The standard InChI is InChI=1S/C17H19ClN2O/c1-13-4-2-3-5-15(13)12-20-17(21)19-11-10-14-6-8-16(18)9-7-14/h2-9H,10-12H2,1H3,(H2,19,20,21). The molecule has 0 fully saturated rings. The molecule has 0 atom stereocenters. The van der Waals surface area contributed by atoms with Gasteiger partial charge in [0.15, 0.2) is 0 Å². The van der Waals surface area contributed by atoms with Crippen LogP contribution in [0.15, 0.2) is 48.5 Å². The van der Waals surface area contributed by atoms with Crippen molar-refractivity contribution in [2.45, 2.75) is 19.9 Å². The van der Waals surface area contributed by atoms with Crippen molar-refractivity contribution in [2.24, 2.45) is 0 Å². The molecule has 0 aliphatic rings. The first kappa shape index (κ1) is 15.4. The van der Waals surface area contributed by atoms with E-state index in [1.807, 2.05) is 55.5 Å². The van der Waals surface area contributed by atoms with Crippen LogP contribution < -0.4 is 10.6 Å². The summed E-state index contributed by atoms with van der Waals surface area (Å²) in [5.74, 6) is 0. The summed E-state index contributed by atoms with van der Waals surface area (Å²) in [6.45, 7) is 3.18. The Bertz CT molecular complexity index is 596. The largest absolute Gasteiger partial charge is 0.338 e. The second kappa shape index (κ2) is 7.70. The van der Waals surface area contributed by atoms with Gasteiger partial charge in [-0.25, -0.2) is 4.79 Å². The Morgan fingerprint density at radius 3 is 2.48 bits per heavy atom. The molecule has 0 spiro atoms. The van der Waals surface area contributed by atoms with Crippen LogP contribution in [0.3, 0.4) is 0 Å². The van der Waals surface area contributed by atoms with Crippen LogP contribution in [0.25, 0.3) is 0 Å². The molecule has 0 saturated heterocycles. The lowest BCUT2D eigenvalue weighted by Gasteiger charge is -2.09. The van der Waals surface area contributed by atoms with Crippen molar-refractivity contribution in [3.8, 4) is 0 Å². The number of halogens is 1. The Morgan fingerprint density at radius 2 is 1.76 bits per heavy atom. The van der Waals surface area contributed by atoms with E-state index in [1.165, 1.54) is 5.56 Å². The molecule has 0 heterocycles. The Hall–Kier alpha value is -2.00. The number of urea groups is 1. The highest BCUT2D eigenvalue weighted by atomic mass is 35.5. The van der Waals surface area contributed by atoms with Crippen LogP contribution in [0, 0.1) is 6.92 Å². The number of hydrogen-bond acceptors (Lipinski definition) is 1. The van der Waals surface area contributed by atoms with Gasteiger partial charge in [-0.15, -0.1) is 0 Å². The first-order valence-corrected chi connectivity index (χ1v) is 7.33. The first-order valence-electron chi connectivity index (χ1n) is 6.96. The SMILES string of the molecule is Cc1ccccc1CNC(=O)NCCc1ccc(Cl)cc1. The van der Waals surface area contributed by atoms with Crippen molar-refractivity contribution in [2.75, 3.05) is 6.54 Å². The van der Waals surface area contributed by atoms with E-state index in [0.717, 1.165) is 22.6 Å². The summed E-state index contributed by atoms with van der Waals surface area (Å²) in [6.07, 6.45) is 0.787. The summed E-state index contributed by atoms with van der Waals surface area (Å²) in [4.78, 5) is 11.7. The fraction of sp³-hybridized carbons (Fsp3) is 0.235. The normalized spacial score (nSPS) is 10.2. The van der Waals surface area contributed by atoms with Gasteiger partial charge in [0.05, 0.1) is 0 Å². The molecule has 2 amide bonds. The number of rotatable bonds is 5. The molecule has 0 aromatic heterocycles. The predicted octanol–water partition coefficient (Wildman–Crippen LogP) is 3.69. The maximum atomic E-state index is 11.7. The molecule has 110 valence electrons. The summed E-state index contributed by atoms with van der Waals surface area (Å²) >= 11 is 5.83. The number of benzene rings is 2. The fourth-order valence-corrected chi connectivity index (χ4v) is 2.14. The van der Waals surface area contributed by atoms with E-state index in [9.17, 15) is 4.79 Å². The summed E-state index contributed by atoms with van der Waals surface area (Å²) in [6, 6.07) is 15.5. The minimum atomic E-state index is -0.146. The van der Waals surface area contributed by atoms with Gasteiger partial charge in [-0.2, -0.15) is 0 Å². The predicted molar refractivity (Wildman–Crippen MR) is 86.6 cm³/mol. The Balaban J connectivity index is 1.70. The number of aryl methyl sites for hydroxylation is 1. The zero-order valence-electron chi connectivity index (χ0n) is 12.0. The van der Waals surface area contributed by atoms with Gasteiger partial charge in [-0.05, 0) is 42.2 Å². The summed E-state index contributed by atoms with van der Waals surface area (Å²) in [5.41, 5.74) is 3.46. The molecule has 0 radical (unpaired) electrons. The van der Waals surface area contributed by atoms with E-state index in [2.05, 4.69) is 10.6 Å². The van der Waals surface area contributed by atoms with E-state index in [-0.39, 0.29) is 6.03 Å². The van der Waals surface area contributed by atoms with Gasteiger partial charge in [-0.1, -0.05) is 48.0 Å². The highest BCUT2D eigenvalue weighted by molar-refractivity contribution is 6.30. The van der Waals surface area contributed by atoms with Crippen molar-refractivity contribution in [1.82, 2.24) is 10.6 Å². The molecule has 3 nitrogen and oxygen atoms in total. The molecular formula is C17H19ClN2O.